The minimum atomic E-state index is -0.433. The van der Waals surface area contributed by atoms with Crippen LogP contribution in [0.1, 0.15) is 67.8 Å². The van der Waals surface area contributed by atoms with Crippen LogP contribution in [0.3, 0.4) is 0 Å². The number of nitrogens with one attached hydrogen (secondary N) is 1. The van der Waals surface area contributed by atoms with Gasteiger partial charge in [0, 0.05) is 11.3 Å². The highest BCUT2D eigenvalue weighted by atomic mass is 32.1. The molecule has 122 valence electrons. The predicted molar refractivity (Wildman–Crippen MR) is 91.3 cm³/mol. The van der Waals surface area contributed by atoms with Crippen LogP contribution in [-0.2, 0) is 17.6 Å². The molecule has 0 saturated carbocycles. The molecule has 0 spiro atoms. The summed E-state index contributed by atoms with van der Waals surface area (Å²) < 4.78 is 0. The number of carbonyl (C=O) groups excluding carboxylic acids is 2. The number of hydrogen-bond donors (Lipinski definition) is 2. The maximum absolute atomic E-state index is 11.8. The zero-order chi connectivity index (χ0) is 16.5. The van der Waals surface area contributed by atoms with Crippen molar-refractivity contribution in [1.29, 1.82) is 0 Å². The second kappa shape index (κ2) is 6.41. The average molecular weight is 322 g/mol. The number of anilines is 1. The monoisotopic (exact) mass is 322 g/mol. The van der Waals surface area contributed by atoms with Gasteiger partial charge in [-0.15, -0.1) is 11.3 Å². The fraction of sp³-hybridized carbons (Fsp3) is 0.647. The van der Waals surface area contributed by atoms with Gasteiger partial charge in [0.25, 0.3) is 5.91 Å². The van der Waals surface area contributed by atoms with Crippen LogP contribution in [0.15, 0.2) is 0 Å². The van der Waals surface area contributed by atoms with Gasteiger partial charge >= 0.3 is 0 Å². The Balaban J connectivity index is 2.35. The lowest BCUT2D eigenvalue weighted by molar-refractivity contribution is -0.115. The van der Waals surface area contributed by atoms with Crippen molar-refractivity contribution in [2.75, 3.05) is 5.32 Å². The molecular weight excluding hydrogens is 296 g/mol. The van der Waals surface area contributed by atoms with E-state index in [1.54, 1.807) is 6.92 Å². The smallest absolute Gasteiger partial charge is 0.251 e. The molecule has 0 aromatic carbocycles. The molecule has 4 nitrogen and oxygen atoms in total. The lowest BCUT2D eigenvalue weighted by atomic mass is 9.69. The number of hydrogen-bond acceptors (Lipinski definition) is 3. The van der Waals surface area contributed by atoms with Crippen LogP contribution in [0.25, 0.3) is 0 Å². The second-order valence-electron chi connectivity index (χ2n) is 6.76. The molecule has 0 radical (unpaired) electrons. The fourth-order valence-electron chi connectivity index (χ4n) is 3.11. The molecule has 1 aliphatic rings. The lowest BCUT2D eigenvalue weighted by Crippen LogP contribution is -2.29. The number of amides is 2. The number of thiophene rings is 1. The average Bonchev–Trinajstić information content (AvgIpc) is 2.83. The third-order valence-electron chi connectivity index (χ3n) is 5.10. The Hall–Kier alpha value is -1.36. The van der Waals surface area contributed by atoms with Crippen molar-refractivity contribution in [2.24, 2.45) is 17.1 Å². The minimum Gasteiger partial charge on any atom is -0.365 e. The standard InChI is InChI=1S/C17H26N2O2S/c1-5-13(20)19-16-14(15(18)21)11-8-7-10(9-12(11)22-16)17(3,4)6-2/h10H,5-9H2,1-4H3,(H2,18,21)(H,19,20)/t10-/m1/s1. The van der Waals surface area contributed by atoms with Crippen LogP contribution in [0, 0.1) is 11.3 Å². The SMILES string of the molecule is CCC(=O)Nc1sc2c(c1C(N)=O)CC[C@@H](C(C)(C)CC)C2. The van der Waals surface area contributed by atoms with Gasteiger partial charge in [-0.25, -0.2) is 0 Å². The molecular formula is C17H26N2O2S. The van der Waals surface area contributed by atoms with Gasteiger partial charge in [-0.3, -0.25) is 9.59 Å². The first-order valence-electron chi connectivity index (χ1n) is 8.04. The third kappa shape index (κ3) is 3.19. The minimum absolute atomic E-state index is 0.0773. The molecule has 0 fully saturated rings. The Kier molecular flexibility index (Phi) is 4.95. The summed E-state index contributed by atoms with van der Waals surface area (Å²) >= 11 is 1.53. The second-order valence-corrected chi connectivity index (χ2v) is 7.86. The summed E-state index contributed by atoms with van der Waals surface area (Å²) in [5.74, 6) is 0.0998. The molecule has 0 saturated heterocycles. The highest BCUT2D eigenvalue weighted by molar-refractivity contribution is 7.17. The Bertz CT molecular complexity index is 590. The molecule has 3 N–H and O–H groups in total. The van der Waals surface area contributed by atoms with E-state index in [1.807, 2.05) is 0 Å². The van der Waals surface area contributed by atoms with Crippen LogP contribution >= 0.6 is 11.3 Å². The fourth-order valence-corrected chi connectivity index (χ4v) is 4.45. The largest absolute Gasteiger partial charge is 0.365 e. The van der Waals surface area contributed by atoms with Gasteiger partial charge in [-0.1, -0.05) is 34.1 Å². The van der Waals surface area contributed by atoms with E-state index in [4.69, 9.17) is 5.73 Å². The van der Waals surface area contributed by atoms with E-state index in [-0.39, 0.29) is 5.91 Å². The summed E-state index contributed by atoms with van der Waals surface area (Å²) in [6, 6.07) is 0. The van der Waals surface area contributed by atoms with E-state index in [0.717, 1.165) is 31.2 Å². The van der Waals surface area contributed by atoms with Gasteiger partial charge in [0.05, 0.1) is 5.56 Å². The van der Waals surface area contributed by atoms with E-state index < -0.39 is 5.91 Å². The summed E-state index contributed by atoms with van der Waals surface area (Å²) in [6.07, 6.45) is 4.46. The molecule has 1 aromatic heterocycles. The maximum atomic E-state index is 11.8. The summed E-state index contributed by atoms with van der Waals surface area (Å²) in [5, 5.41) is 3.48. The van der Waals surface area contributed by atoms with Gasteiger partial charge in [-0.2, -0.15) is 0 Å². The molecule has 0 bridgehead atoms. The van der Waals surface area contributed by atoms with Crippen molar-refractivity contribution < 1.29 is 9.59 Å². The Labute approximate surface area is 136 Å². The molecule has 1 heterocycles. The van der Waals surface area contributed by atoms with Crippen molar-refractivity contribution in [2.45, 2.75) is 59.8 Å². The zero-order valence-corrected chi connectivity index (χ0v) is 14.7. The van der Waals surface area contributed by atoms with Gasteiger partial charge in [0.2, 0.25) is 5.91 Å². The topological polar surface area (TPSA) is 72.2 Å². The van der Waals surface area contributed by atoms with E-state index in [1.165, 1.54) is 16.2 Å². The summed E-state index contributed by atoms with van der Waals surface area (Å²) in [5.41, 5.74) is 7.46. The molecule has 1 aromatic rings. The lowest BCUT2D eigenvalue weighted by Gasteiger charge is -2.36. The van der Waals surface area contributed by atoms with Crippen LogP contribution in [0.5, 0.6) is 0 Å². The first kappa shape index (κ1) is 17.0. The van der Waals surface area contributed by atoms with E-state index >= 15 is 0 Å². The molecule has 1 atom stereocenters. The summed E-state index contributed by atoms with van der Waals surface area (Å²) in [7, 11) is 0. The normalized spacial score (nSPS) is 17.9. The van der Waals surface area contributed by atoms with Crippen LogP contribution in [0.2, 0.25) is 0 Å². The molecule has 0 aliphatic heterocycles. The zero-order valence-electron chi connectivity index (χ0n) is 13.9. The molecule has 22 heavy (non-hydrogen) atoms. The van der Waals surface area contributed by atoms with Gasteiger partial charge in [0.15, 0.2) is 0 Å². The highest BCUT2D eigenvalue weighted by Crippen LogP contribution is 2.45. The van der Waals surface area contributed by atoms with Crippen molar-refractivity contribution in [1.82, 2.24) is 0 Å². The van der Waals surface area contributed by atoms with E-state index in [0.29, 0.717) is 28.3 Å². The number of carbonyl (C=O) groups is 2. The Morgan fingerprint density at radius 3 is 2.59 bits per heavy atom. The van der Waals surface area contributed by atoms with Crippen molar-refractivity contribution >= 4 is 28.2 Å². The Morgan fingerprint density at radius 1 is 1.36 bits per heavy atom. The maximum Gasteiger partial charge on any atom is 0.251 e. The molecule has 2 rings (SSSR count). The molecule has 2 amide bonds. The number of nitrogens with two attached hydrogens (primary N) is 1. The van der Waals surface area contributed by atoms with Crippen LogP contribution < -0.4 is 11.1 Å². The third-order valence-corrected chi connectivity index (χ3v) is 6.27. The van der Waals surface area contributed by atoms with Gasteiger partial charge in [0.1, 0.15) is 5.00 Å². The van der Waals surface area contributed by atoms with Gasteiger partial charge in [-0.05, 0) is 36.2 Å². The van der Waals surface area contributed by atoms with E-state index in [9.17, 15) is 9.59 Å². The first-order chi connectivity index (χ1) is 10.3. The summed E-state index contributed by atoms with van der Waals surface area (Å²) in [6.45, 7) is 8.65. The highest BCUT2D eigenvalue weighted by Gasteiger charge is 2.34. The Morgan fingerprint density at radius 2 is 2.05 bits per heavy atom. The number of primary amides is 1. The van der Waals surface area contributed by atoms with Crippen molar-refractivity contribution in [3.8, 4) is 0 Å². The predicted octanol–water partition coefficient (Wildman–Crippen LogP) is 3.74. The molecule has 1 aliphatic carbocycles. The quantitative estimate of drug-likeness (QED) is 0.867. The summed E-state index contributed by atoms with van der Waals surface area (Å²) in [4.78, 5) is 24.7. The van der Waals surface area contributed by atoms with Crippen molar-refractivity contribution in [3.63, 3.8) is 0 Å². The number of fused-ring (bicyclic) bond motifs is 1. The molecule has 5 heteroatoms. The van der Waals surface area contributed by atoms with Crippen molar-refractivity contribution in [3.05, 3.63) is 16.0 Å². The number of rotatable bonds is 5. The van der Waals surface area contributed by atoms with Crippen LogP contribution in [-0.4, -0.2) is 11.8 Å². The van der Waals surface area contributed by atoms with E-state index in [2.05, 4.69) is 26.1 Å². The van der Waals surface area contributed by atoms with Gasteiger partial charge < -0.3 is 11.1 Å². The first-order valence-corrected chi connectivity index (χ1v) is 8.86. The van der Waals surface area contributed by atoms with Crippen LogP contribution in [0.4, 0.5) is 5.00 Å². The molecule has 0 unspecified atom stereocenters.